The van der Waals surface area contributed by atoms with E-state index in [2.05, 4.69) is 37.9 Å². The molecule has 0 saturated heterocycles. The molecule has 0 radical (unpaired) electrons. The standard InChI is InChI=1S/C15H24ClNO/c1-12(2)15(17(3)10-7-11-18-4)13-8-5-6-9-14(13)16/h5-6,8-9,12,15H,7,10-11H2,1-4H3. The summed E-state index contributed by atoms with van der Waals surface area (Å²) in [5.41, 5.74) is 1.22. The van der Waals surface area contributed by atoms with E-state index in [1.54, 1.807) is 7.11 Å². The molecule has 0 aliphatic carbocycles. The van der Waals surface area contributed by atoms with E-state index in [1.807, 2.05) is 12.1 Å². The average Bonchev–Trinajstić information content (AvgIpc) is 2.32. The van der Waals surface area contributed by atoms with Gasteiger partial charge in [0.25, 0.3) is 0 Å². The summed E-state index contributed by atoms with van der Waals surface area (Å²) >= 11 is 6.32. The van der Waals surface area contributed by atoms with Gasteiger partial charge >= 0.3 is 0 Å². The van der Waals surface area contributed by atoms with Crippen molar-refractivity contribution in [2.75, 3.05) is 27.3 Å². The highest BCUT2D eigenvalue weighted by Crippen LogP contribution is 2.32. The third kappa shape index (κ3) is 4.27. The van der Waals surface area contributed by atoms with Crippen molar-refractivity contribution in [3.05, 3.63) is 34.9 Å². The second-order valence-corrected chi connectivity index (χ2v) is 5.44. The van der Waals surface area contributed by atoms with Crippen molar-refractivity contribution in [2.45, 2.75) is 26.3 Å². The van der Waals surface area contributed by atoms with Gasteiger partial charge in [0.1, 0.15) is 0 Å². The number of methoxy groups -OCH3 is 1. The molecule has 1 aromatic carbocycles. The van der Waals surface area contributed by atoms with Crippen molar-refractivity contribution < 1.29 is 4.74 Å². The van der Waals surface area contributed by atoms with Gasteiger partial charge in [-0.25, -0.2) is 0 Å². The van der Waals surface area contributed by atoms with Crippen LogP contribution in [0.15, 0.2) is 24.3 Å². The molecular weight excluding hydrogens is 246 g/mol. The van der Waals surface area contributed by atoms with Crippen LogP contribution in [0.1, 0.15) is 31.9 Å². The Bertz CT molecular complexity index is 354. The zero-order valence-electron chi connectivity index (χ0n) is 11.8. The van der Waals surface area contributed by atoms with Gasteiger partial charge in [0, 0.05) is 31.3 Å². The van der Waals surface area contributed by atoms with Crippen LogP contribution in [0.3, 0.4) is 0 Å². The molecule has 2 nitrogen and oxygen atoms in total. The Morgan fingerprint density at radius 3 is 2.50 bits per heavy atom. The Kier molecular flexibility index (Phi) is 6.69. The largest absolute Gasteiger partial charge is 0.385 e. The Balaban J connectivity index is 2.79. The number of nitrogens with zero attached hydrogens (tertiary/aromatic N) is 1. The lowest BCUT2D eigenvalue weighted by Gasteiger charge is -2.32. The van der Waals surface area contributed by atoms with E-state index in [-0.39, 0.29) is 0 Å². The molecular formula is C15H24ClNO. The Hall–Kier alpha value is -0.570. The first kappa shape index (κ1) is 15.5. The molecule has 1 aromatic rings. The van der Waals surface area contributed by atoms with Gasteiger partial charge in [-0.2, -0.15) is 0 Å². The van der Waals surface area contributed by atoms with Gasteiger partial charge in [-0.3, -0.25) is 4.90 Å². The highest BCUT2D eigenvalue weighted by molar-refractivity contribution is 6.31. The molecule has 1 rings (SSSR count). The second-order valence-electron chi connectivity index (χ2n) is 5.04. The van der Waals surface area contributed by atoms with Gasteiger partial charge in [0.2, 0.25) is 0 Å². The first-order valence-electron chi connectivity index (χ1n) is 6.51. The van der Waals surface area contributed by atoms with Crippen molar-refractivity contribution in [3.8, 4) is 0 Å². The van der Waals surface area contributed by atoms with E-state index < -0.39 is 0 Å². The number of ether oxygens (including phenoxy) is 1. The number of hydrogen-bond donors (Lipinski definition) is 0. The lowest BCUT2D eigenvalue weighted by atomic mass is 9.94. The van der Waals surface area contributed by atoms with Crippen LogP contribution < -0.4 is 0 Å². The molecule has 0 saturated carbocycles. The molecule has 0 bridgehead atoms. The van der Waals surface area contributed by atoms with Crippen molar-refractivity contribution in [3.63, 3.8) is 0 Å². The molecule has 0 aliphatic heterocycles. The van der Waals surface area contributed by atoms with Crippen molar-refractivity contribution in [2.24, 2.45) is 5.92 Å². The maximum absolute atomic E-state index is 6.32. The van der Waals surface area contributed by atoms with Gasteiger partial charge < -0.3 is 4.74 Å². The summed E-state index contributed by atoms with van der Waals surface area (Å²) < 4.78 is 5.11. The summed E-state index contributed by atoms with van der Waals surface area (Å²) in [5, 5.41) is 0.856. The third-order valence-corrected chi connectivity index (χ3v) is 3.53. The van der Waals surface area contributed by atoms with Crippen LogP contribution in [0.2, 0.25) is 5.02 Å². The van der Waals surface area contributed by atoms with E-state index in [1.165, 1.54) is 5.56 Å². The molecule has 0 spiro atoms. The first-order valence-corrected chi connectivity index (χ1v) is 6.89. The summed E-state index contributed by atoms with van der Waals surface area (Å²) in [6, 6.07) is 8.48. The van der Waals surface area contributed by atoms with Crippen molar-refractivity contribution in [1.29, 1.82) is 0 Å². The van der Waals surface area contributed by atoms with E-state index in [0.29, 0.717) is 12.0 Å². The van der Waals surface area contributed by atoms with Gasteiger partial charge in [-0.15, -0.1) is 0 Å². The van der Waals surface area contributed by atoms with Crippen LogP contribution in [0.25, 0.3) is 0 Å². The molecule has 1 unspecified atom stereocenters. The fourth-order valence-electron chi connectivity index (χ4n) is 2.42. The SMILES string of the molecule is COCCCN(C)C(c1ccccc1Cl)C(C)C. The average molecular weight is 270 g/mol. The molecule has 0 N–H and O–H groups in total. The minimum atomic E-state index is 0.357. The van der Waals surface area contributed by atoms with E-state index >= 15 is 0 Å². The van der Waals surface area contributed by atoms with Crippen molar-refractivity contribution >= 4 is 11.6 Å². The predicted molar refractivity (Wildman–Crippen MR) is 78.2 cm³/mol. The highest BCUT2D eigenvalue weighted by atomic mass is 35.5. The van der Waals surface area contributed by atoms with E-state index in [9.17, 15) is 0 Å². The normalized spacial score (nSPS) is 13.3. The summed E-state index contributed by atoms with van der Waals surface area (Å²) in [6.07, 6.45) is 1.04. The van der Waals surface area contributed by atoms with Crippen LogP contribution >= 0.6 is 11.6 Å². The van der Waals surface area contributed by atoms with Gasteiger partial charge in [-0.1, -0.05) is 43.6 Å². The van der Waals surface area contributed by atoms with Crippen LogP contribution in [0.4, 0.5) is 0 Å². The van der Waals surface area contributed by atoms with Crippen LogP contribution in [0.5, 0.6) is 0 Å². The Labute approximate surface area is 116 Å². The third-order valence-electron chi connectivity index (χ3n) is 3.19. The molecule has 0 fully saturated rings. The monoisotopic (exact) mass is 269 g/mol. The Morgan fingerprint density at radius 1 is 1.28 bits per heavy atom. The van der Waals surface area contributed by atoms with Crippen LogP contribution in [-0.2, 0) is 4.74 Å². The maximum atomic E-state index is 6.32. The quantitative estimate of drug-likeness (QED) is 0.694. The zero-order valence-corrected chi connectivity index (χ0v) is 12.6. The summed E-state index contributed by atoms with van der Waals surface area (Å²) in [7, 11) is 3.90. The van der Waals surface area contributed by atoms with Crippen molar-refractivity contribution in [1.82, 2.24) is 4.90 Å². The zero-order chi connectivity index (χ0) is 13.5. The lowest BCUT2D eigenvalue weighted by Crippen LogP contribution is -2.30. The summed E-state index contributed by atoms with van der Waals surface area (Å²) in [6.45, 7) is 6.29. The molecule has 1 atom stereocenters. The number of rotatable bonds is 7. The van der Waals surface area contributed by atoms with Gasteiger partial charge in [0.15, 0.2) is 0 Å². The van der Waals surface area contributed by atoms with E-state index in [4.69, 9.17) is 16.3 Å². The lowest BCUT2D eigenvalue weighted by molar-refractivity contribution is 0.149. The van der Waals surface area contributed by atoms with E-state index in [0.717, 1.165) is 24.6 Å². The molecule has 0 aromatic heterocycles. The molecule has 102 valence electrons. The van der Waals surface area contributed by atoms with Crippen LogP contribution in [-0.4, -0.2) is 32.2 Å². The number of hydrogen-bond acceptors (Lipinski definition) is 2. The number of halogens is 1. The predicted octanol–water partition coefficient (Wildman–Crippen LogP) is 4.01. The summed E-state index contributed by atoms with van der Waals surface area (Å²) in [5.74, 6) is 0.525. The Morgan fingerprint density at radius 2 is 1.94 bits per heavy atom. The van der Waals surface area contributed by atoms with Crippen LogP contribution in [0, 0.1) is 5.92 Å². The number of benzene rings is 1. The first-order chi connectivity index (χ1) is 8.57. The topological polar surface area (TPSA) is 12.5 Å². The maximum Gasteiger partial charge on any atom is 0.0474 e. The fourth-order valence-corrected chi connectivity index (χ4v) is 2.67. The molecule has 0 heterocycles. The molecule has 18 heavy (non-hydrogen) atoms. The summed E-state index contributed by atoms with van der Waals surface area (Å²) in [4.78, 5) is 2.37. The van der Waals surface area contributed by atoms with Gasteiger partial charge in [-0.05, 0) is 31.0 Å². The molecule has 0 amide bonds. The van der Waals surface area contributed by atoms with Gasteiger partial charge in [0.05, 0.1) is 0 Å². The minimum Gasteiger partial charge on any atom is -0.385 e. The molecule has 0 aliphatic rings. The second kappa shape index (κ2) is 7.78. The highest BCUT2D eigenvalue weighted by Gasteiger charge is 2.22. The fraction of sp³-hybridized carbons (Fsp3) is 0.600. The minimum absolute atomic E-state index is 0.357. The molecule has 3 heteroatoms. The smallest absolute Gasteiger partial charge is 0.0474 e.